The molecule has 1 amide bonds. The zero-order chi connectivity index (χ0) is 15.2. The summed E-state index contributed by atoms with van der Waals surface area (Å²) in [5.74, 6) is -0.963. The molecule has 21 heavy (non-hydrogen) atoms. The van der Waals surface area contributed by atoms with Crippen LogP contribution in [0.4, 0.5) is 0 Å². The molecule has 4 nitrogen and oxygen atoms in total. The Labute approximate surface area is 125 Å². The maximum absolute atomic E-state index is 12.4. The number of carbonyl (C=O) groups excluding carboxylic acids is 1. The largest absolute Gasteiger partial charge is 0.480 e. The Bertz CT molecular complexity index is 489. The maximum atomic E-state index is 12.4. The van der Waals surface area contributed by atoms with Crippen LogP contribution in [0.5, 0.6) is 0 Å². The molecule has 0 bridgehead atoms. The number of carbonyl (C=O) groups is 2. The molecule has 1 N–H and O–H groups in total. The molecule has 0 aromatic heterocycles. The molecule has 4 heteroatoms. The van der Waals surface area contributed by atoms with Gasteiger partial charge in [-0.25, -0.2) is 0 Å². The number of carboxylic acids is 1. The first-order chi connectivity index (χ1) is 10.1. The Balaban J connectivity index is 1.94. The number of hydrogen-bond acceptors (Lipinski definition) is 2. The van der Waals surface area contributed by atoms with Crippen molar-refractivity contribution in [2.45, 2.75) is 51.5 Å². The Kier molecular flexibility index (Phi) is 5.37. The van der Waals surface area contributed by atoms with E-state index in [-0.39, 0.29) is 18.5 Å². The van der Waals surface area contributed by atoms with Crippen molar-refractivity contribution in [2.75, 3.05) is 6.54 Å². The van der Waals surface area contributed by atoms with Crippen molar-refractivity contribution < 1.29 is 14.7 Å². The summed E-state index contributed by atoms with van der Waals surface area (Å²) < 4.78 is 0. The molecule has 0 unspecified atom stereocenters. The van der Waals surface area contributed by atoms with Crippen molar-refractivity contribution in [1.82, 2.24) is 4.90 Å². The normalized spacial score (nSPS) is 15.1. The molecule has 1 aromatic carbocycles. The Morgan fingerprint density at radius 3 is 2.38 bits per heavy atom. The van der Waals surface area contributed by atoms with Gasteiger partial charge >= 0.3 is 5.97 Å². The second kappa shape index (κ2) is 7.25. The van der Waals surface area contributed by atoms with Gasteiger partial charge in [-0.15, -0.1) is 0 Å². The lowest BCUT2D eigenvalue weighted by Crippen LogP contribution is -2.42. The summed E-state index contributed by atoms with van der Waals surface area (Å²) in [5, 5.41) is 9.02. The van der Waals surface area contributed by atoms with Crippen molar-refractivity contribution in [2.24, 2.45) is 0 Å². The van der Waals surface area contributed by atoms with Crippen LogP contribution in [0.3, 0.4) is 0 Å². The topological polar surface area (TPSA) is 57.6 Å². The van der Waals surface area contributed by atoms with Crippen LogP contribution < -0.4 is 0 Å². The highest BCUT2D eigenvalue weighted by Crippen LogP contribution is 2.24. The van der Waals surface area contributed by atoms with Crippen LogP contribution in [-0.4, -0.2) is 34.5 Å². The molecule has 1 saturated carbocycles. The minimum absolute atomic E-state index is 0.0372. The molecule has 0 spiro atoms. The predicted molar refractivity (Wildman–Crippen MR) is 81.1 cm³/mol. The van der Waals surface area contributed by atoms with Gasteiger partial charge in [-0.2, -0.15) is 0 Å². The van der Waals surface area contributed by atoms with Crippen LogP contribution in [0, 0.1) is 6.92 Å². The molecule has 0 radical (unpaired) electrons. The highest BCUT2D eigenvalue weighted by Gasteiger charge is 2.27. The van der Waals surface area contributed by atoms with Gasteiger partial charge in [0.15, 0.2) is 0 Å². The number of aliphatic carboxylic acids is 1. The minimum Gasteiger partial charge on any atom is -0.480 e. The summed E-state index contributed by atoms with van der Waals surface area (Å²) in [6.07, 6.45) is 5.10. The average molecular weight is 289 g/mol. The third-order valence-electron chi connectivity index (χ3n) is 4.14. The number of aryl methyl sites for hydroxylation is 2. The van der Waals surface area contributed by atoms with Gasteiger partial charge in [0.25, 0.3) is 0 Å². The van der Waals surface area contributed by atoms with Crippen molar-refractivity contribution in [3.8, 4) is 0 Å². The van der Waals surface area contributed by atoms with Crippen LogP contribution >= 0.6 is 0 Å². The van der Waals surface area contributed by atoms with E-state index in [1.54, 1.807) is 4.90 Å². The monoisotopic (exact) mass is 289 g/mol. The molecule has 1 aliphatic rings. The van der Waals surface area contributed by atoms with E-state index in [9.17, 15) is 9.59 Å². The fraction of sp³-hybridized carbons (Fsp3) is 0.529. The third kappa shape index (κ3) is 4.59. The molecule has 0 atom stereocenters. The lowest BCUT2D eigenvalue weighted by atomic mass is 10.1. The van der Waals surface area contributed by atoms with Crippen LogP contribution in [-0.2, 0) is 16.0 Å². The van der Waals surface area contributed by atoms with Gasteiger partial charge in [-0.05, 0) is 31.7 Å². The summed E-state index contributed by atoms with van der Waals surface area (Å²) in [6.45, 7) is 1.86. The molecular formula is C17H23NO3. The molecule has 1 aliphatic carbocycles. The second-order valence-corrected chi connectivity index (χ2v) is 5.84. The molecule has 0 saturated heterocycles. The van der Waals surface area contributed by atoms with Gasteiger partial charge in [0.2, 0.25) is 5.91 Å². The van der Waals surface area contributed by atoms with Crippen molar-refractivity contribution in [3.63, 3.8) is 0 Å². The second-order valence-electron chi connectivity index (χ2n) is 5.84. The highest BCUT2D eigenvalue weighted by molar-refractivity contribution is 5.81. The summed E-state index contributed by atoms with van der Waals surface area (Å²) in [5.41, 5.74) is 2.32. The van der Waals surface area contributed by atoms with E-state index in [2.05, 4.69) is 0 Å². The Morgan fingerprint density at radius 1 is 1.19 bits per heavy atom. The summed E-state index contributed by atoms with van der Waals surface area (Å²) in [6, 6.07) is 8.24. The molecule has 0 heterocycles. The molecule has 0 aliphatic heterocycles. The van der Waals surface area contributed by atoms with Gasteiger partial charge in [0, 0.05) is 12.5 Å². The predicted octanol–water partition coefficient (Wildman–Crippen LogP) is 2.78. The zero-order valence-corrected chi connectivity index (χ0v) is 12.5. The van der Waals surface area contributed by atoms with E-state index in [4.69, 9.17) is 5.11 Å². The van der Waals surface area contributed by atoms with Gasteiger partial charge in [-0.1, -0.05) is 42.7 Å². The fourth-order valence-electron chi connectivity index (χ4n) is 2.93. The lowest BCUT2D eigenvalue weighted by molar-refractivity contribution is -0.146. The number of benzene rings is 1. The van der Waals surface area contributed by atoms with E-state index >= 15 is 0 Å². The Morgan fingerprint density at radius 2 is 1.81 bits per heavy atom. The molecule has 2 rings (SSSR count). The number of rotatable bonds is 6. The van der Waals surface area contributed by atoms with E-state index in [0.29, 0.717) is 12.8 Å². The smallest absolute Gasteiger partial charge is 0.323 e. The van der Waals surface area contributed by atoms with Gasteiger partial charge < -0.3 is 10.0 Å². The first kappa shape index (κ1) is 15.5. The molecular weight excluding hydrogens is 266 g/mol. The first-order valence-electron chi connectivity index (χ1n) is 7.63. The number of amides is 1. The quantitative estimate of drug-likeness (QED) is 0.876. The van der Waals surface area contributed by atoms with Crippen LogP contribution in [0.1, 0.15) is 43.2 Å². The van der Waals surface area contributed by atoms with Crippen LogP contribution in [0.15, 0.2) is 24.3 Å². The minimum atomic E-state index is -0.925. The Hall–Kier alpha value is -1.84. The lowest BCUT2D eigenvalue weighted by Gasteiger charge is -2.27. The summed E-state index contributed by atoms with van der Waals surface area (Å²) in [4.78, 5) is 24.9. The fourth-order valence-corrected chi connectivity index (χ4v) is 2.93. The number of carboxylic acid groups (broad SMARTS) is 1. The SMILES string of the molecule is Cc1ccc(CCC(=O)N(CC(=O)O)C2CCCC2)cc1. The molecule has 1 aromatic rings. The number of hydrogen-bond donors (Lipinski definition) is 1. The van der Waals surface area contributed by atoms with E-state index in [0.717, 1.165) is 31.2 Å². The van der Waals surface area contributed by atoms with Crippen LogP contribution in [0.25, 0.3) is 0 Å². The standard InChI is InChI=1S/C17H23NO3/c1-13-6-8-14(9-7-13)10-11-16(19)18(12-17(20)21)15-4-2-3-5-15/h6-9,15H,2-5,10-12H2,1H3,(H,20,21). The van der Waals surface area contributed by atoms with Crippen molar-refractivity contribution in [3.05, 3.63) is 35.4 Å². The molecule has 1 fully saturated rings. The summed E-state index contributed by atoms with van der Waals surface area (Å²) >= 11 is 0. The zero-order valence-electron chi connectivity index (χ0n) is 12.5. The maximum Gasteiger partial charge on any atom is 0.323 e. The van der Waals surface area contributed by atoms with Gasteiger partial charge in [0.05, 0.1) is 0 Å². The van der Waals surface area contributed by atoms with E-state index in [1.807, 2.05) is 31.2 Å². The van der Waals surface area contributed by atoms with Gasteiger partial charge in [0.1, 0.15) is 6.54 Å². The first-order valence-corrected chi connectivity index (χ1v) is 7.63. The van der Waals surface area contributed by atoms with E-state index in [1.165, 1.54) is 5.56 Å². The summed E-state index contributed by atoms with van der Waals surface area (Å²) in [7, 11) is 0. The highest BCUT2D eigenvalue weighted by atomic mass is 16.4. The average Bonchev–Trinajstić information content (AvgIpc) is 2.97. The van der Waals surface area contributed by atoms with E-state index < -0.39 is 5.97 Å². The third-order valence-corrected chi connectivity index (χ3v) is 4.14. The van der Waals surface area contributed by atoms with Crippen molar-refractivity contribution in [1.29, 1.82) is 0 Å². The molecule has 114 valence electrons. The van der Waals surface area contributed by atoms with Crippen LogP contribution in [0.2, 0.25) is 0 Å². The van der Waals surface area contributed by atoms with Gasteiger partial charge in [-0.3, -0.25) is 9.59 Å². The number of nitrogens with zero attached hydrogens (tertiary/aromatic N) is 1. The van der Waals surface area contributed by atoms with Crippen molar-refractivity contribution >= 4 is 11.9 Å².